The van der Waals surface area contributed by atoms with Crippen LogP contribution in [0.4, 0.5) is 5.69 Å². The molecule has 0 unspecified atom stereocenters. The van der Waals surface area contributed by atoms with E-state index in [4.69, 9.17) is 4.98 Å². The van der Waals surface area contributed by atoms with Gasteiger partial charge >= 0.3 is 0 Å². The summed E-state index contributed by atoms with van der Waals surface area (Å²) in [7, 11) is 0. The number of hydrogen-bond donors (Lipinski definition) is 0. The highest BCUT2D eigenvalue weighted by molar-refractivity contribution is 7.15. The zero-order valence-corrected chi connectivity index (χ0v) is 14.9. The summed E-state index contributed by atoms with van der Waals surface area (Å²) >= 11 is 1.51. The van der Waals surface area contributed by atoms with E-state index in [1.54, 1.807) is 10.5 Å². The van der Waals surface area contributed by atoms with E-state index >= 15 is 0 Å². The largest absolute Gasteiger partial charge is 0.365 e. The van der Waals surface area contributed by atoms with Crippen molar-refractivity contribution in [2.24, 2.45) is 0 Å². The van der Waals surface area contributed by atoms with Crippen LogP contribution in [0, 0.1) is 0 Å². The molecule has 2 aromatic heterocycles. The van der Waals surface area contributed by atoms with Crippen molar-refractivity contribution in [2.45, 2.75) is 13.0 Å². The monoisotopic (exact) mass is 359 g/mol. The van der Waals surface area contributed by atoms with Crippen LogP contribution in [0.3, 0.4) is 0 Å². The Morgan fingerprint density at radius 3 is 2.73 bits per heavy atom. The number of thiazole rings is 1. The minimum atomic E-state index is -0.0161. The summed E-state index contributed by atoms with van der Waals surface area (Å²) < 4.78 is 1.71. The molecule has 0 N–H and O–H groups in total. The summed E-state index contributed by atoms with van der Waals surface area (Å²) in [4.78, 5) is 20.6. The Morgan fingerprint density at radius 2 is 1.85 bits per heavy atom. The maximum atomic E-state index is 12.8. The molecule has 1 aliphatic rings. The van der Waals surface area contributed by atoms with Gasteiger partial charge in [-0.1, -0.05) is 48.5 Å². The van der Waals surface area contributed by atoms with Gasteiger partial charge in [-0.05, 0) is 23.6 Å². The van der Waals surface area contributed by atoms with Gasteiger partial charge in [-0.25, -0.2) is 4.98 Å². The molecule has 5 rings (SSSR count). The normalized spacial score (nSPS) is 13.3. The quantitative estimate of drug-likeness (QED) is 0.555. The Labute approximate surface area is 155 Å². The average Bonchev–Trinajstić information content (AvgIpc) is 3.28. The smallest absolute Gasteiger partial charge is 0.259 e. The summed E-state index contributed by atoms with van der Waals surface area (Å²) in [6.07, 6.45) is 1.05. The van der Waals surface area contributed by atoms with E-state index in [-0.39, 0.29) is 5.56 Å². The van der Waals surface area contributed by atoms with Crippen molar-refractivity contribution in [3.63, 3.8) is 0 Å². The van der Waals surface area contributed by atoms with E-state index in [0.29, 0.717) is 6.54 Å². The van der Waals surface area contributed by atoms with Crippen LogP contribution in [0.2, 0.25) is 0 Å². The Kier molecular flexibility index (Phi) is 3.60. The summed E-state index contributed by atoms with van der Waals surface area (Å²) in [5, 5.41) is 2.01. The van der Waals surface area contributed by atoms with Gasteiger partial charge in [0.25, 0.3) is 5.56 Å². The first-order valence-corrected chi connectivity index (χ1v) is 9.56. The van der Waals surface area contributed by atoms with Crippen LogP contribution in [0.5, 0.6) is 0 Å². The third-order valence-corrected chi connectivity index (χ3v) is 5.69. The molecule has 0 fully saturated rings. The summed E-state index contributed by atoms with van der Waals surface area (Å²) in [5.41, 5.74) is 5.37. The standard InChI is InChI=1S/C21H17N3OS/c25-20-12-17(13-23-11-10-16-8-4-5-9-18(16)23)22-21-24(20)19(14-26-21)15-6-2-1-3-7-15/h1-9,12,14H,10-11,13H2. The fraction of sp³-hybridized carbons (Fsp3) is 0.143. The second-order valence-electron chi connectivity index (χ2n) is 6.49. The highest BCUT2D eigenvalue weighted by atomic mass is 32.1. The molecule has 0 aliphatic carbocycles. The van der Waals surface area contributed by atoms with E-state index in [2.05, 4.69) is 29.2 Å². The number of anilines is 1. The van der Waals surface area contributed by atoms with Gasteiger partial charge in [0.1, 0.15) is 0 Å². The SMILES string of the molecule is O=c1cc(CN2CCc3ccccc32)nc2scc(-c3ccccc3)n12. The van der Waals surface area contributed by atoms with E-state index in [1.165, 1.54) is 22.6 Å². The van der Waals surface area contributed by atoms with Crippen molar-refractivity contribution in [1.29, 1.82) is 0 Å². The predicted molar refractivity (Wildman–Crippen MR) is 106 cm³/mol. The molecule has 128 valence electrons. The molecule has 0 amide bonds. The summed E-state index contributed by atoms with van der Waals surface area (Å²) in [6.45, 7) is 1.64. The van der Waals surface area contributed by atoms with Crippen LogP contribution in [-0.4, -0.2) is 15.9 Å². The molecule has 0 bridgehead atoms. The van der Waals surface area contributed by atoms with Gasteiger partial charge in [0.2, 0.25) is 0 Å². The van der Waals surface area contributed by atoms with Crippen molar-refractivity contribution in [3.8, 4) is 11.3 Å². The lowest BCUT2D eigenvalue weighted by molar-refractivity contribution is 0.811. The third-order valence-electron chi connectivity index (χ3n) is 4.86. The minimum absolute atomic E-state index is 0.0161. The van der Waals surface area contributed by atoms with Crippen LogP contribution in [0.25, 0.3) is 16.2 Å². The second-order valence-corrected chi connectivity index (χ2v) is 7.33. The van der Waals surface area contributed by atoms with Crippen molar-refractivity contribution in [3.05, 3.63) is 87.7 Å². The van der Waals surface area contributed by atoms with Crippen LogP contribution >= 0.6 is 11.3 Å². The number of hydrogen-bond acceptors (Lipinski definition) is 4. The van der Waals surface area contributed by atoms with Gasteiger partial charge < -0.3 is 4.90 Å². The predicted octanol–water partition coefficient (Wildman–Crippen LogP) is 3.99. The highest BCUT2D eigenvalue weighted by Crippen LogP contribution is 2.29. The van der Waals surface area contributed by atoms with Gasteiger partial charge in [-0.2, -0.15) is 0 Å². The minimum Gasteiger partial charge on any atom is -0.365 e. The Hall–Kier alpha value is -2.92. The van der Waals surface area contributed by atoms with Gasteiger partial charge in [-0.3, -0.25) is 9.20 Å². The molecule has 2 aromatic carbocycles. The molecule has 0 saturated heterocycles. The van der Waals surface area contributed by atoms with E-state index in [9.17, 15) is 4.79 Å². The maximum Gasteiger partial charge on any atom is 0.259 e. The molecule has 1 aliphatic heterocycles. The lowest BCUT2D eigenvalue weighted by atomic mass is 10.2. The summed E-state index contributed by atoms with van der Waals surface area (Å²) in [6, 6.07) is 20.1. The second kappa shape index (κ2) is 6.11. The molecule has 0 radical (unpaired) electrons. The van der Waals surface area contributed by atoms with Gasteiger partial charge in [-0.15, -0.1) is 11.3 Å². The molecular formula is C21H17N3OS. The van der Waals surface area contributed by atoms with E-state index in [0.717, 1.165) is 34.9 Å². The molecule has 0 spiro atoms. The van der Waals surface area contributed by atoms with Crippen molar-refractivity contribution in [2.75, 3.05) is 11.4 Å². The fourth-order valence-corrected chi connectivity index (χ4v) is 4.54. The molecule has 3 heterocycles. The Morgan fingerprint density at radius 1 is 1.04 bits per heavy atom. The topological polar surface area (TPSA) is 37.6 Å². The van der Waals surface area contributed by atoms with Gasteiger partial charge in [0.15, 0.2) is 4.96 Å². The Bertz CT molecular complexity index is 1150. The molecule has 0 atom stereocenters. The zero-order chi connectivity index (χ0) is 17.5. The molecule has 0 saturated carbocycles. The first kappa shape index (κ1) is 15.3. The number of benzene rings is 2. The Balaban J connectivity index is 1.53. The highest BCUT2D eigenvalue weighted by Gasteiger charge is 2.19. The molecular weight excluding hydrogens is 342 g/mol. The number of aromatic nitrogens is 2. The molecule has 4 aromatic rings. The number of nitrogens with zero attached hydrogens (tertiary/aromatic N) is 3. The maximum absolute atomic E-state index is 12.8. The molecule has 5 heteroatoms. The third kappa shape index (κ3) is 2.52. The van der Waals surface area contributed by atoms with Crippen LogP contribution in [-0.2, 0) is 13.0 Å². The van der Waals surface area contributed by atoms with E-state index in [1.807, 2.05) is 35.7 Å². The molecule has 26 heavy (non-hydrogen) atoms. The van der Waals surface area contributed by atoms with Gasteiger partial charge in [0, 0.05) is 23.7 Å². The summed E-state index contributed by atoms with van der Waals surface area (Å²) in [5.74, 6) is 0. The first-order chi connectivity index (χ1) is 12.8. The average molecular weight is 359 g/mol. The van der Waals surface area contributed by atoms with Crippen LogP contribution < -0.4 is 10.5 Å². The van der Waals surface area contributed by atoms with Crippen molar-refractivity contribution >= 4 is 22.0 Å². The molecule has 4 nitrogen and oxygen atoms in total. The zero-order valence-electron chi connectivity index (χ0n) is 14.1. The van der Waals surface area contributed by atoms with Gasteiger partial charge in [0.05, 0.1) is 17.9 Å². The number of para-hydroxylation sites is 1. The first-order valence-electron chi connectivity index (χ1n) is 8.68. The van der Waals surface area contributed by atoms with E-state index < -0.39 is 0 Å². The number of fused-ring (bicyclic) bond motifs is 2. The lowest BCUT2D eigenvalue weighted by Gasteiger charge is -2.18. The lowest BCUT2D eigenvalue weighted by Crippen LogP contribution is -2.23. The van der Waals surface area contributed by atoms with Crippen molar-refractivity contribution in [1.82, 2.24) is 9.38 Å². The fourth-order valence-electron chi connectivity index (χ4n) is 3.62. The van der Waals surface area contributed by atoms with Crippen molar-refractivity contribution < 1.29 is 0 Å². The van der Waals surface area contributed by atoms with Crippen LogP contribution in [0.15, 0.2) is 70.8 Å². The number of rotatable bonds is 3. The van der Waals surface area contributed by atoms with Crippen LogP contribution in [0.1, 0.15) is 11.3 Å².